The van der Waals surface area contributed by atoms with Gasteiger partial charge < -0.3 is 10.1 Å². The monoisotopic (exact) mass is 281 g/mol. The molecule has 3 heteroatoms. The van der Waals surface area contributed by atoms with Gasteiger partial charge in [-0.3, -0.25) is 0 Å². The number of benzene rings is 1. The second-order valence-electron chi connectivity index (χ2n) is 6.00. The van der Waals surface area contributed by atoms with Gasteiger partial charge >= 0.3 is 0 Å². The van der Waals surface area contributed by atoms with E-state index in [4.69, 9.17) is 16.3 Å². The molecule has 0 amide bonds. The number of ether oxygens (including phenoxy) is 1. The van der Waals surface area contributed by atoms with Crippen molar-refractivity contribution in [3.05, 3.63) is 34.9 Å². The topological polar surface area (TPSA) is 21.3 Å². The lowest BCUT2D eigenvalue weighted by Crippen LogP contribution is -2.44. The van der Waals surface area contributed by atoms with Gasteiger partial charge in [-0.1, -0.05) is 37.6 Å². The first kappa shape index (κ1) is 14.8. The highest BCUT2D eigenvalue weighted by Gasteiger charge is 2.33. The van der Waals surface area contributed by atoms with Crippen molar-refractivity contribution >= 4 is 11.6 Å². The quantitative estimate of drug-likeness (QED) is 0.889. The van der Waals surface area contributed by atoms with E-state index in [1.54, 1.807) is 0 Å². The molecule has 1 heterocycles. The maximum absolute atomic E-state index is 6.09. The second-order valence-corrected chi connectivity index (χ2v) is 6.43. The van der Waals surface area contributed by atoms with Crippen LogP contribution in [0.3, 0.4) is 0 Å². The Morgan fingerprint density at radius 1 is 1.42 bits per heavy atom. The summed E-state index contributed by atoms with van der Waals surface area (Å²) < 4.78 is 5.75. The highest BCUT2D eigenvalue weighted by Crippen LogP contribution is 2.32. The highest BCUT2D eigenvalue weighted by molar-refractivity contribution is 6.30. The van der Waals surface area contributed by atoms with E-state index in [0.717, 1.165) is 37.6 Å². The first-order chi connectivity index (χ1) is 9.10. The van der Waals surface area contributed by atoms with Crippen molar-refractivity contribution in [1.29, 1.82) is 0 Å². The van der Waals surface area contributed by atoms with Crippen LogP contribution >= 0.6 is 11.6 Å². The Labute approximate surface area is 121 Å². The van der Waals surface area contributed by atoms with Crippen molar-refractivity contribution < 1.29 is 4.74 Å². The predicted molar refractivity (Wildman–Crippen MR) is 80.8 cm³/mol. The second kappa shape index (κ2) is 6.74. The van der Waals surface area contributed by atoms with Gasteiger partial charge in [-0.05, 0) is 37.0 Å². The maximum atomic E-state index is 6.09. The van der Waals surface area contributed by atoms with Gasteiger partial charge in [0.25, 0.3) is 0 Å². The molecular formula is C16H24ClNO. The lowest BCUT2D eigenvalue weighted by atomic mass is 9.77. The molecule has 0 aliphatic carbocycles. The van der Waals surface area contributed by atoms with Gasteiger partial charge in [-0.15, -0.1) is 0 Å². The van der Waals surface area contributed by atoms with Crippen LogP contribution in [0.1, 0.15) is 32.3 Å². The Morgan fingerprint density at radius 3 is 2.89 bits per heavy atom. The number of hydrogen-bond acceptors (Lipinski definition) is 2. The average Bonchev–Trinajstić information content (AvgIpc) is 2.38. The van der Waals surface area contributed by atoms with E-state index in [2.05, 4.69) is 31.3 Å². The molecule has 106 valence electrons. The van der Waals surface area contributed by atoms with Gasteiger partial charge in [0, 0.05) is 29.6 Å². The third-order valence-electron chi connectivity index (χ3n) is 3.76. The van der Waals surface area contributed by atoms with E-state index < -0.39 is 0 Å². The smallest absolute Gasteiger partial charge is 0.0537 e. The Bertz CT molecular complexity index is 399. The Kier molecular flexibility index (Phi) is 5.26. The molecule has 1 atom stereocenters. The molecule has 1 aromatic carbocycles. The van der Waals surface area contributed by atoms with Crippen molar-refractivity contribution in [2.75, 3.05) is 19.8 Å². The van der Waals surface area contributed by atoms with Crippen molar-refractivity contribution in [2.45, 2.75) is 39.2 Å². The fourth-order valence-corrected chi connectivity index (χ4v) is 2.96. The van der Waals surface area contributed by atoms with E-state index in [9.17, 15) is 0 Å². The molecule has 0 spiro atoms. The minimum Gasteiger partial charge on any atom is -0.381 e. The summed E-state index contributed by atoms with van der Waals surface area (Å²) >= 11 is 6.09. The summed E-state index contributed by atoms with van der Waals surface area (Å²) in [6.07, 6.45) is 3.41. The minimum atomic E-state index is 0.215. The van der Waals surface area contributed by atoms with Crippen LogP contribution in [0.25, 0.3) is 0 Å². The predicted octanol–water partition coefficient (Wildman–Crippen LogP) is 3.68. The van der Waals surface area contributed by atoms with Gasteiger partial charge in [-0.25, -0.2) is 0 Å². The standard InChI is InChI=1S/C16H24ClNO/c1-13(2)18-11-16(7-4-8-19-12-16)10-14-5-3-6-15(17)9-14/h3,5-6,9,13,18H,4,7-8,10-12H2,1-2H3. The molecule has 2 rings (SSSR count). The molecule has 1 fully saturated rings. The van der Waals surface area contributed by atoms with E-state index in [1.165, 1.54) is 12.0 Å². The Balaban J connectivity index is 2.08. The molecule has 1 N–H and O–H groups in total. The third-order valence-corrected chi connectivity index (χ3v) is 3.99. The van der Waals surface area contributed by atoms with Crippen LogP contribution in [0.5, 0.6) is 0 Å². The van der Waals surface area contributed by atoms with Crippen LogP contribution in [-0.2, 0) is 11.2 Å². The van der Waals surface area contributed by atoms with Gasteiger partial charge in [0.05, 0.1) is 6.61 Å². The zero-order valence-corrected chi connectivity index (χ0v) is 12.7. The highest BCUT2D eigenvalue weighted by atomic mass is 35.5. The van der Waals surface area contributed by atoms with Crippen LogP contribution in [0, 0.1) is 5.41 Å². The SMILES string of the molecule is CC(C)NCC1(Cc2cccc(Cl)c2)CCCOC1. The van der Waals surface area contributed by atoms with Crippen LogP contribution in [0.2, 0.25) is 5.02 Å². The Morgan fingerprint density at radius 2 is 2.26 bits per heavy atom. The van der Waals surface area contributed by atoms with E-state index >= 15 is 0 Å². The number of nitrogens with one attached hydrogen (secondary N) is 1. The fourth-order valence-electron chi connectivity index (χ4n) is 2.75. The molecule has 0 radical (unpaired) electrons. The zero-order chi connectivity index (χ0) is 13.7. The van der Waals surface area contributed by atoms with Gasteiger partial charge in [0.1, 0.15) is 0 Å². The summed E-state index contributed by atoms with van der Waals surface area (Å²) in [5.41, 5.74) is 1.52. The van der Waals surface area contributed by atoms with Crippen LogP contribution in [-0.4, -0.2) is 25.8 Å². The molecule has 19 heavy (non-hydrogen) atoms. The lowest BCUT2D eigenvalue weighted by molar-refractivity contribution is -0.00801. The molecule has 0 saturated carbocycles. The van der Waals surface area contributed by atoms with Crippen LogP contribution in [0.15, 0.2) is 24.3 Å². The summed E-state index contributed by atoms with van der Waals surface area (Å²) in [5, 5.41) is 4.40. The number of rotatable bonds is 5. The van der Waals surface area contributed by atoms with Crippen molar-refractivity contribution in [1.82, 2.24) is 5.32 Å². The van der Waals surface area contributed by atoms with Crippen molar-refractivity contribution in [3.63, 3.8) is 0 Å². The third kappa shape index (κ3) is 4.48. The largest absolute Gasteiger partial charge is 0.381 e. The molecule has 0 bridgehead atoms. The van der Waals surface area contributed by atoms with E-state index in [0.29, 0.717) is 6.04 Å². The molecule has 2 nitrogen and oxygen atoms in total. The summed E-state index contributed by atoms with van der Waals surface area (Å²) in [6, 6.07) is 8.72. The van der Waals surface area contributed by atoms with Crippen molar-refractivity contribution in [3.8, 4) is 0 Å². The average molecular weight is 282 g/mol. The minimum absolute atomic E-state index is 0.215. The Hall–Kier alpha value is -0.570. The molecule has 1 aromatic rings. The van der Waals surface area contributed by atoms with E-state index in [1.807, 2.05) is 12.1 Å². The summed E-state index contributed by atoms with van der Waals surface area (Å²) in [7, 11) is 0. The van der Waals surface area contributed by atoms with Crippen LogP contribution < -0.4 is 5.32 Å². The first-order valence-electron chi connectivity index (χ1n) is 7.15. The number of halogens is 1. The lowest BCUT2D eigenvalue weighted by Gasteiger charge is -2.38. The van der Waals surface area contributed by atoms with E-state index in [-0.39, 0.29) is 5.41 Å². The summed E-state index contributed by atoms with van der Waals surface area (Å²) in [6.45, 7) is 7.14. The van der Waals surface area contributed by atoms with Gasteiger partial charge in [-0.2, -0.15) is 0 Å². The normalized spacial score (nSPS) is 23.8. The molecule has 0 aromatic heterocycles. The van der Waals surface area contributed by atoms with Gasteiger partial charge in [0.15, 0.2) is 0 Å². The summed E-state index contributed by atoms with van der Waals surface area (Å²) in [4.78, 5) is 0. The molecule has 1 aliphatic heterocycles. The molecular weight excluding hydrogens is 258 g/mol. The maximum Gasteiger partial charge on any atom is 0.0537 e. The van der Waals surface area contributed by atoms with Gasteiger partial charge in [0.2, 0.25) is 0 Å². The molecule has 1 unspecified atom stereocenters. The summed E-state index contributed by atoms with van der Waals surface area (Å²) in [5.74, 6) is 0. The molecule has 1 aliphatic rings. The van der Waals surface area contributed by atoms with Crippen molar-refractivity contribution in [2.24, 2.45) is 5.41 Å². The van der Waals surface area contributed by atoms with Crippen LogP contribution in [0.4, 0.5) is 0 Å². The first-order valence-corrected chi connectivity index (χ1v) is 7.53. The fraction of sp³-hybridized carbons (Fsp3) is 0.625. The number of hydrogen-bond donors (Lipinski definition) is 1. The molecule has 1 saturated heterocycles. The zero-order valence-electron chi connectivity index (χ0n) is 11.9.